The molecule has 2 aromatic rings. The van der Waals surface area contributed by atoms with Crippen LogP contribution in [0.25, 0.3) is 0 Å². The molecule has 0 bridgehead atoms. The predicted molar refractivity (Wildman–Crippen MR) is 73.0 cm³/mol. The van der Waals surface area contributed by atoms with Crippen molar-refractivity contribution in [1.82, 2.24) is 0 Å². The van der Waals surface area contributed by atoms with Crippen LogP contribution in [0.3, 0.4) is 0 Å². The number of nitrogens with two attached hydrogens (primary N) is 1. The summed E-state index contributed by atoms with van der Waals surface area (Å²) in [6.07, 6.45) is 0. The van der Waals surface area contributed by atoms with Gasteiger partial charge in [-0.3, -0.25) is 4.79 Å². The first-order valence-corrected chi connectivity index (χ1v) is 6.11. The Labute approximate surface area is 111 Å². The quantitative estimate of drug-likeness (QED) is 0.862. The number of hydrogen-bond acceptors (Lipinski definition) is 3. The molecule has 0 spiro atoms. The van der Waals surface area contributed by atoms with E-state index in [-0.39, 0.29) is 18.6 Å². The molecule has 0 fully saturated rings. The lowest BCUT2D eigenvalue weighted by atomic mass is 9.99. The van der Waals surface area contributed by atoms with E-state index >= 15 is 0 Å². The number of amides is 1. The highest BCUT2D eigenvalue weighted by Gasteiger charge is 2.18. The van der Waals surface area contributed by atoms with Crippen molar-refractivity contribution < 1.29 is 9.53 Å². The van der Waals surface area contributed by atoms with Crippen LogP contribution in [-0.2, 0) is 4.79 Å². The molecule has 0 aromatic heterocycles. The fourth-order valence-electron chi connectivity index (χ4n) is 2.15. The summed E-state index contributed by atoms with van der Waals surface area (Å²) in [6.45, 7) is 0.0666. The minimum Gasteiger partial charge on any atom is -0.482 e. The Morgan fingerprint density at radius 1 is 1.11 bits per heavy atom. The van der Waals surface area contributed by atoms with Gasteiger partial charge in [0.1, 0.15) is 5.75 Å². The fourth-order valence-corrected chi connectivity index (χ4v) is 2.15. The molecule has 3 N–H and O–H groups in total. The molecule has 4 nitrogen and oxygen atoms in total. The molecule has 0 radical (unpaired) electrons. The summed E-state index contributed by atoms with van der Waals surface area (Å²) in [4.78, 5) is 11.3. The smallest absolute Gasteiger partial charge is 0.262 e. The molecule has 19 heavy (non-hydrogen) atoms. The average molecular weight is 254 g/mol. The SMILES string of the molecule is NC(c1ccccc1)c1ccc2c(c1)NC(=O)CO2. The maximum atomic E-state index is 11.3. The van der Waals surface area contributed by atoms with Gasteiger partial charge in [-0.05, 0) is 23.3 Å². The lowest BCUT2D eigenvalue weighted by Crippen LogP contribution is -2.25. The van der Waals surface area contributed by atoms with Crippen LogP contribution in [0.1, 0.15) is 17.2 Å². The Hall–Kier alpha value is -2.33. The average Bonchev–Trinajstić information content (AvgIpc) is 2.46. The third-order valence-corrected chi connectivity index (χ3v) is 3.15. The maximum absolute atomic E-state index is 11.3. The van der Waals surface area contributed by atoms with E-state index in [1.54, 1.807) is 0 Å². The largest absolute Gasteiger partial charge is 0.482 e. The minimum atomic E-state index is -0.217. The van der Waals surface area contributed by atoms with E-state index in [0.717, 1.165) is 11.1 Å². The van der Waals surface area contributed by atoms with Gasteiger partial charge in [-0.1, -0.05) is 36.4 Å². The van der Waals surface area contributed by atoms with E-state index in [9.17, 15) is 4.79 Å². The number of carbonyl (C=O) groups excluding carboxylic acids is 1. The van der Waals surface area contributed by atoms with Gasteiger partial charge < -0.3 is 15.8 Å². The van der Waals surface area contributed by atoms with Crippen molar-refractivity contribution in [2.75, 3.05) is 11.9 Å². The van der Waals surface area contributed by atoms with E-state index in [0.29, 0.717) is 11.4 Å². The van der Waals surface area contributed by atoms with Crippen molar-refractivity contribution in [3.63, 3.8) is 0 Å². The Bertz CT molecular complexity index is 611. The van der Waals surface area contributed by atoms with Crippen molar-refractivity contribution in [3.8, 4) is 5.75 Å². The van der Waals surface area contributed by atoms with Crippen LogP contribution in [0.15, 0.2) is 48.5 Å². The number of rotatable bonds is 2. The zero-order chi connectivity index (χ0) is 13.2. The Balaban J connectivity index is 1.94. The molecule has 1 aliphatic rings. The summed E-state index contributed by atoms with van der Waals surface area (Å²) in [6, 6.07) is 15.3. The highest BCUT2D eigenvalue weighted by atomic mass is 16.5. The third-order valence-electron chi connectivity index (χ3n) is 3.15. The van der Waals surface area contributed by atoms with Gasteiger partial charge in [0.25, 0.3) is 5.91 Å². The second kappa shape index (κ2) is 4.74. The van der Waals surface area contributed by atoms with Crippen molar-refractivity contribution >= 4 is 11.6 Å². The highest BCUT2D eigenvalue weighted by molar-refractivity contribution is 5.95. The van der Waals surface area contributed by atoms with Gasteiger partial charge in [0, 0.05) is 0 Å². The van der Waals surface area contributed by atoms with Crippen LogP contribution in [0.4, 0.5) is 5.69 Å². The number of ether oxygens (including phenoxy) is 1. The highest BCUT2D eigenvalue weighted by Crippen LogP contribution is 2.31. The lowest BCUT2D eigenvalue weighted by Gasteiger charge is -2.20. The van der Waals surface area contributed by atoms with E-state index < -0.39 is 0 Å². The molecule has 0 saturated heterocycles. The molecule has 0 aliphatic carbocycles. The van der Waals surface area contributed by atoms with Crippen molar-refractivity contribution in [2.24, 2.45) is 5.73 Å². The maximum Gasteiger partial charge on any atom is 0.262 e. The molecule has 0 saturated carbocycles. The van der Waals surface area contributed by atoms with Crippen LogP contribution in [-0.4, -0.2) is 12.5 Å². The molecule has 1 heterocycles. The zero-order valence-corrected chi connectivity index (χ0v) is 10.3. The van der Waals surface area contributed by atoms with E-state index in [4.69, 9.17) is 10.5 Å². The number of fused-ring (bicyclic) bond motifs is 1. The van der Waals surface area contributed by atoms with Gasteiger partial charge in [-0.15, -0.1) is 0 Å². The summed E-state index contributed by atoms with van der Waals surface area (Å²) in [5, 5.41) is 2.79. The summed E-state index contributed by atoms with van der Waals surface area (Å²) in [7, 11) is 0. The molecular formula is C15H14N2O2. The van der Waals surface area contributed by atoms with Crippen molar-refractivity contribution in [2.45, 2.75) is 6.04 Å². The molecule has 2 aromatic carbocycles. The molecule has 1 unspecified atom stereocenters. The summed E-state index contributed by atoms with van der Waals surface area (Å²) in [5.41, 5.74) is 8.88. The number of nitrogens with one attached hydrogen (secondary N) is 1. The van der Waals surface area contributed by atoms with Crippen LogP contribution in [0, 0.1) is 0 Å². The first-order chi connectivity index (χ1) is 9.24. The van der Waals surface area contributed by atoms with E-state index in [1.807, 2.05) is 48.5 Å². The normalized spacial score (nSPS) is 15.1. The molecule has 96 valence electrons. The predicted octanol–water partition coefficient (Wildman–Crippen LogP) is 2.07. The number of carbonyl (C=O) groups is 1. The number of hydrogen-bond donors (Lipinski definition) is 2. The fraction of sp³-hybridized carbons (Fsp3) is 0.133. The monoisotopic (exact) mass is 254 g/mol. The van der Waals surface area contributed by atoms with Gasteiger partial charge >= 0.3 is 0 Å². The van der Waals surface area contributed by atoms with Gasteiger partial charge in [0.05, 0.1) is 11.7 Å². The van der Waals surface area contributed by atoms with Crippen LogP contribution >= 0.6 is 0 Å². The van der Waals surface area contributed by atoms with Crippen molar-refractivity contribution in [3.05, 3.63) is 59.7 Å². The second-order valence-corrected chi connectivity index (χ2v) is 4.48. The Morgan fingerprint density at radius 2 is 1.89 bits per heavy atom. The van der Waals surface area contributed by atoms with Crippen LogP contribution in [0.5, 0.6) is 5.75 Å². The standard InChI is InChI=1S/C15H14N2O2/c16-15(10-4-2-1-3-5-10)11-6-7-13-12(8-11)17-14(18)9-19-13/h1-8,15H,9,16H2,(H,17,18). The van der Waals surface area contributed by atoms with Gasteiger partial charge in [0.2, 0.25) is 0 Å². The molecule has 1 amide bonds. The topological polar surface area (TPSA) is 64.3 Å². The van der Waals surface area contributed by atoms with Gasteiger partial charge in [-0.2, -0.15) is 0 Å². The lowest BCUT2D eigenvalue weighted by molar-refractivity contribution is -0.118. The first kappa shape index (κ1) is 11.7. The molecule has 4 heteroatoms. The Kier molecular flexibility index (Phi) is 2.93. The Morgan fingerprint density at radius 3 is 2.68 bits per heavy atom. The third kappa shape index (κ3) is 2.30. The van der Waals surface area contributed by atoms with E-state index in [1.165, 1.54) is 0 Å². The molecule has 1 atom stereocenters. The van der Waals surface area contributed by atoms with Crippen LogP contribution in [0.2, 0.25) is 0 Å². The first-order valence-electron chi connectivity index (χ1n) is 6.11. The van der Waals surface area contributed by atoms with Crippen LogP contribution < -0.4 is 15.8 Å². The molecular weight excluding hydrogens is 240 g/mol. The van der Waals surface area contributed by atoms with Gasteiger partial charge in [0.15, 0.2) is 6.61 Å². The molecule has 3 rings (SSSR count). The van der Waals surface area contributed by atoms with Gasteiger partial charge in [-0.25, -0.2) is 0 Å². The summed E-state index contributed by atoms with van der Waals surface area (Å²) in [5.74, 6) is 0.543. The minimum absolute atomic E-state index is 0.0666. The summed E-state index contributed by atoms with van der Waals surface area (Å²) < 4.78 is 5.32. The van der Waals surface area contributed by atoms with E-state index in [2.05, 4.69) is 5.32 Å². The number of anilines is 1. The number of benzene rings is 2. The van der Waals surface area contributed by atoms with Crippen molar-refractivity contribution in [1.29, 1.82) is 0 Å². The second-order valence-electron chi connectivity index (χ2n) is 4.48. The summed E-state index contributed by atoms with van der Waals surface area (Å²) >= 11 is 0. The zero-order valence-electron chi connectivity index (χ0n) is 10.3. The molecule has 1 aliphatic heterocycles.